The molecule has 1 aromatic carbocycles. The second-order valence-corrected chi connectivity index (χ2v) is 5.91. The van der Waals surface area contributed by atoms with E-state index in [9.17, 15) is 13.2 Å². The van der Waals surface area contributed by atoms with Crippen molar-refractivity contribution >= 4 is 35.6 Å². The Hall–Kier alpha value is -2.44. The SMILES string of the molecule is I.NC(=NCc1cccnc1OCC(F)(F)F)Nc1ccc2c(c1)OCCCO2. The summed E-state index contributed by atoms with van der Waals surface area (Å²) in [5, 5.41) is 2.91. The number of guanidine groups is 1. The van der Waals surface area contributed by atoms with E-state index >= 15 is 0 Å². The summed E-state index contributed by atoms with van der Waals surface area (Å²) in [5.74, 6) is 1.21. The lowest BCUT2D eigenvalue weighted by Gasteiger charge is -2.12. The highest BCUT2D eigenvalue weighted by Gasteiger charge is 2.29. The number of nitrogens with two attached hydrogens (primary N) is 1. The molecule has 158 valence electrons. The van der Waals surface area contributed by atoms with Crippen LogP contribution in [0.4, 0.5) is 18.9 Å². The Kier molecular flexibility index (Phi) is 8.17. The third-order valence-corrected chi connectivity index (χ3v) is 3.66. The lowest BCUT2D eigenvalue weighted by atomic mass is 10.2. The second kappa shape index (κ2) is 10.4. The van der Waals surface area contributed by atoms with Crippen LogP contribution in [0.3, 0.4) is 0 Å². The minimum absolute atomic E-state index is 0. The van der Waals surface area contributed by atoms with E-state index in [1.54, 1.807) is 30.3 Å². The van der Waals surface area contributed by atoms with Crippen LogP contribution in [0, 0.1) is 0 Å². The number of alkyl halides is 3. The van der Waals surface area contributed by atoms with E-state index in [0.29, 0.717) is 36.0 Å². The first kappa shape index (κ1) is 22.8. The summed E-state index contributed by atoms with van der Waals surface area (Å²) in [6, 6.07) is 8.42. The van der Waals surface area contributed by atoms with Crippen LogP contribution in [0.5, 0.6) is 17.4 Å². The van der Waals surface area contributed by atoms with Crippen molar-refractivity contribution in [3.05, 3.63) is 42.1 Å². The molecule has 0 saturated heterocycles. The molecule has 0 saturated carbocycles. The summed E-state index contributed by atoms with van der Waals surface area (Å²) in [6.45, 7) is -0.273. The lowest BCUT2D eigenvalue weighted by molar-refractivity contribution is -0.154. The fraction of sp³-hybridized carbons (Fsp3) is 0.333. The highest BCUT2D eigenvalue weighted by molar-refractivity contribution is 14.0. The number of nitrogens with one attached hydrogen (secondary N) is 1. The quantitative estimate of drug-likeness (QED) is 0.352. The summed E-state index contributed by atoms with van der Waals surface area (Å²) in [7, 11) is 0. The van der Waals surface area contributed by atoms with Gasteiger partial charge in [-0.2, -0.15) is 13.2 Å². The smallest absolute Gasteiger partial charge is 0.422 e. The van der Waals surface area contributed by atoms with Gasteiger partial charge in [0.2, 0.25) is 5.88 Å². The normalized spacial score (nSPS) is 13.8. The fourth-order valence-corrected chi connectivity index (χ4v) is 2.42. The molecule has 11 heteroatoms. The summed E-state index contributed by atoms with van der Waals surface area (Å²) < 4.78 is 52.9. The first-order valence-electron chi connectivity index (χ1n) is 8.51. The molecular weight excluding hydrogens is 504 g/mol. The van der Waals surface area contributed by atoms with Crippen molar-refractivity contribution in [2.75, 3.05) is 25.1 Å². The van der Waals surface area contributed by atoms with E-state index in [1.165, 1.54) is 6.20 Å². The third kappa shape index (κ3) is 7.15. The van der Waals surface area contributed by atoms with Gasteiger partial charge in [0.25, 0.3) is 0 Å². The zero-order valence-electron chi connectivity index (χ0n) is 15.2. The fourth-order valence-electron chi connectivity index (χ4n) is 2.42. The number of aliphatic imine (C=N–C) groups is 1. The minimum Gasteiger partial charge on any atom is -0.490 e. The average molecular weight is 524 g/mol. The van der Waals surface area contributed by atoms with Gasteiger partial charge in [-0.15, -0.1) is 24.0 Å². The molecule has 0 radical (unpaired) electrons. The third-order valence-electron chi connectivity index (χ3n) is 3.66. The summed E-state index contributed by atoms with van der Waals surface area (Å²) >= 11 is 0. The van der Waals surface area contributed by atoms with Gasteiger partial charge in [-0.05, 0) is 18.2 Å². The van der Waals surface area contributed by atoms with Crippen molar-refractivity contribution in [3.63, 3.8) is 0 Å². The molecule has 3 rings (SSSR count). The van der Waals surface area contributed by atoms with Gasteiger partial charge >= 0.3 is 6.18 Å². The molecule has 0 spiro atoms. The van der Waals surface area contributed by atoms with Gasteiger partial charge in [0, 0.05) is 29.9 Å². The molecule has 3 N–H and O–H groups in total. The highest BCUT2D eigenvalue weighted by Crippen LogP contribution is 2.32. The summed E-state index contributed by atoms with van der Waals surface area (Å²) in [4.78, 5) is 7.95. The zero-order chi connectivity index (χ0) is 20.0. The molecule has 1 aromatic heterocycles. The van der Waals surface area contributed by atoms with Crippen molar-refractivity contribution in [3.8, 4) is 17.4 Å². The van der Waals surface area contributed by atoms with E-state index in [4.69, 9.17) is 19.9 Å². The highest BCUT2D eigenvalue weighted by atomic mass is 127. The maximum absolute atomic E-state index is 12.3. The van der Waals surface area contributed by atoms with Gasteiger partial charge in [-0.1, -0.05) is 6.07 Å². The van der Waals surface area contributed by atoms with Gasteiger partial charge in [0.05, 0.1) is 19.8 Å². The molecule has 2 aromatic rings. The standard InChI is InChI=1S/C18H19F3N4O3.HI/c19-18(20,21)11-28-16-12(3-1-6-23-16)10-24-17(22)25-13-4-5-14-15(9-13)27-8-2-7-26-14;/h1,3-6,9H,2,7-8,10-11H2,(H3,22,24,25);1H. The molecule has 0 atom stereocenters. The molecule has 0 aliphatic carbocycles. The number of aromatic nitrogens is 1. The van der Waals surface area contributed by atoms with Crippen molar-refractivity contribution in [1.29, 1.82) is 0 Å². The Balaban J connectivity index is 0.00000300. The molecule has 0 amide bonds. The van der Waals surface area contributed by atoms with Crippen LogP contribution in [0.1, 0.15) is 12.0 Å². The van der Waals surface area contributed by atoms with Crippen LogP contribution >= 0.6 is 24.0 Å². The number of hydrogen-bond donors (Lipinski definition) is 2. The van der Waals surface area contributed by atoms with Gasteiger partial charge < -0.3 is 25.3 Å². The minimum atomic E-state index is -4.45. The predicted molar refractivity (Wildman–Crippen MR) is 112 cm³/mol. The van der Waals surface area contributed by atoms with Gasteiger partial charge in [-0.3, -0.25) is 0 Å². The molecular formula is C18H20F3IN4O3. The van der Waals surface area contributed by atoms with Crippen molar-refractivity contribution < 1.29 is 27.4 Å². The summed E-state index contributed by atoms with van der Waals surface area (Å²) in [6.07, 6.45) is -2.31. The van der Waals surface area contributed by atoms with E-state index in [1.807, 2.05) is 0 Å². The topological polar surface area (TPSA) is 91.0 Å². The molecule has 1 aliphatic heterocycles. The van der Waals surface area contributed by atoms with E-state index in [0.717, 1.165) is 6.42 Å². The number of fused-ring (bicyclic) bond motifs is 1. The van der Waals surface area contributed by atoms with Crippen LogP contribution in [0.2, 0.25) is 0 Å². The van der Waals surface area contributed by atoms with E-state index in [-0.39, 0.29) is 42.4 Å². The first-order valence-corrected chi connectivity index (χ1v) is 8.51. The van der Waals surface area contributed by atoms with Crippen LogP contribution < -0.4 is 25.3 Å². The first-order chi connectivity index (χ1) is 13.4. The molecule has 7 nitrogen and oxygen atoms in total. The number of nitrogens with zero attached hydrogens (tertiary/aromatic N) is 2. The monoisotopic (exact) mass is 524 g/mol. The maximum atomic E-state index is 12.3. The Bertz CT molecular complexity index is 849. The number of ether oxygens (including phenoxy) is 3. The summed E-state index contributed by atoms with van der Waals surface area (Å²) in [5.41, 5.74) is 6.91. The number of anilines is 1. The molecule has 0 unspecified atom stereocenters. The Labute approximate surface area is 182 Å². The number of benzene rings is 1. The number of hydrogen-bond acceptors (Lipinski definition) is 5. The van der Waals surface area contributed by atoms with E-state index < -0.39 is 12.8 Å². The lowest BCUT2D eigenvalue weighted by Crippen LogP contribution is -2.23. The zero-order valence-corrected chi connectivity index (χ0v) is 17.6. The molecule has 0 fully saturated rings. The Morgan fingerprint density at radius 3 is 2.72 bits per heavy atom. The van der Waals surface area contributed by atoms with Gasteiger partial charge in [0.1, 0.15) is 0 Å². The van der Waals surface area contributed by atoms with Crippen molar-refractivity contribution in [1.82, 2.24) is 4.98 Å². The van der Waals surface area contributed by atoms with Gasteiger partial charge in [0.15, 0.2) is 24.1 Å². The second-order valence-electron chi connectivity index (χ2n) is 5.91. The molecule has 1 aliphatic rings. The Morgan fingerprint density at radius 1 is 1.21 bits per heavy atom. The number of rotatable bonds is 5. The number of pyridine rings is 1. The van der Waals surface area contributed by atoms with Crippen LogP contribution in [-0.2, 0) is 6.54 Å². The maximum Gasteiger partial charge on any atom is 0.422 e. The van der Waals surface area contributed by atoms with Crippen LogP contribution in [-0.4, -0.2) is 36.9 Å². The average Bonchev–Trinajstić information content (AvgIpc) is 2.89. The Morgan fingerprint density at radius 2 is 1.97 bits per heavy atom. The van der Waals surface area contributed by atoms with Crippen molar-refractivity contribution in [2.24, 2.45) is 10.7 Å². The molecule has 0 bridgehead atoms. The van der Waals surface area contributed by atoms with Crippen molar-refractivity contribution in [2.45, 2.75) is 19.1 Å². The number of halogens is 4. The van der Waals surface area contributed by atoms with Crippen LogP contribution in [0.25, 0.3) is 0 Å². The largest absolute Gasteiger partial charge is 0.490 e. The molecule has 29 heavy (non-hydrogen) atoms. The predicted octanol–water partition coefficient (Wildman–Crippen LogP) is 3.73. The van der Waals surface area contributed by atoms with Crippen LogP contribution in [0.15, 0.2) is 41.5 Å². The molecule has 2 heterocycles. The van der Waals surface area contributed by atoms with E-state index in [2.05, 4.69) is 15.3 Å². The van der Waals surface area contributed by atoms with Gasteiger partial charge in [-0.25, -0.2) is 9.98 Å².